The maximum absolute atomic E-state index is 14.1. The first-order valence-corrected chi connectivity index (χ1v) is 37.3. The van der Waals surface area contributed by atoms with E-state index in [0.717, 1.165) is 0 Å². The van der Waals surface area contributed by atoms with E-state index in [-0.39, 0.29) is 25.0 Å². The molecule has 0 aliphatic carbocycles. The Morgan fingerprint density at radius 3 is 1.10 bits per heavy atom. The second-order valence-corrected chi connectivity index (χ2v) is 37.5. The molecule has 0 spiro atoms. The Labute approximate surface area is 490 Å². The number of para-hydroxylation sites is 2. The zero-order chi connectivity index (χ0) is 59.9. The van der Waals surface area contributed by atoms with Crippen LogP contribution in [0, 0.1) is 0 Å². The van der Waals surface area contributed by atoms with Crippen molar-refractivity contribution in [1.29, 1.82) is 0 Å². The van der Waals surface area contributed by atoms with E-state index in [1.165, 1.54) is 37.0 Å². The van der Waals surface area contributed by atoms with Crippen molar-refractivity contribution in [3.63, 3.8) is 0 Å². The summed E-state index contributed by atoms with van der Waals surface area (Å²) < 4.78 is 88.1. The number of ether oxygens (including phenoxy) is 4. The van der Waals surface area contributed by atoms with Crippen molar-refractivity contribution in [2.24, 2.45) is 14.1 Å². The van der Waals surface area contributed by atoms with E-state index in [0.29, 0.717) is 90.7 Å². The summed E-state index contributed by atoms with van der Waals surface area (Å²) in [5.41, 5.74) is 2.66. The van der Waals surface area contributed by atoms with Crippen LogP contribution in [-0.4, -0.2) is 145 Å². The summed E-state index contributed by atoms with van der Waals surface area (Å²) in [4.78, 5) is 0. The lowest BCUT2D eigenvalue weighted by Gasteiger charge is -2.28. The van der Waals surface area contributed by atoms with Gasteiger partial charge in [0, 0.05) is 65.8 Å². The Morgan fingerprint density at radius 1 is 0.512 bits per heavy atom. The molecular formula is C54H70Cl2N12O10S2Si2. The minimum Gasteiger partial charge on any atom is -0.494 e. The lowest BCUT2D eigenvalue weighted by molar-refractivity contribution is 0.201. The second-order valence-electron chi connectivity index (χ2n) is 21.5. The van der Waals surface area contributed by atoms with Gasteiger partial charge in [0.1, 0.15) is 45.8 Å². The van der Waals surface area contributed by atoms with Gasteiger partial charge in [-0.15, -0.1) is 20.4 Å². The average Bonchev–Trinajstić information content (AvgIpc) is 4.37. The number of aliphatic hydroxyl groups excluding tert-OH is 2. The molecular weight excluding hydrogens is 1170 g/mol. The van der Waals surface area contributed by atoms with Gasteiger partial charge in [0.2, 0.25) is 31.9 Å². The minimum absolute atomic E-state index is 0.0370. The lowest BCUT2D eigenvalue weighted by Crippen LogP contribution is -2.40. The molecule has 0 amide bonds. The number of benzene rings is 4. The Balaban J connectivity index is 0.000000236. The molecule has 82 heavy (non-hydrogen) atoms. The number of halogens is 2. The van der Waals surface area contributed by atoms with E-state index in [1.54, 1.807) is 142 Å². The molecule has 440 valence electrons. The SMILES string of the molecule is COc1cccc(OC)c1-n1c(-c2ccn(C)n2)nnc1N(CC[Si](C)(C)C)S(=O)(=O)C[C@@H](O)c1ccc(Cl)cc1.COc1cccc(OC)c1-n1c(-c2ccn(C)n2)nnc1N(CC[Si](C)(C)C)S(=O)(=O)C[C@H](O)c1ccc(Cl)cc1. The van der Waals surface area contributed by atoms with Crippen LogP contribution in [-0.2, 0) is 34.1 Å². The molecule has 4 aromatic carbocycles. The molecule has 0 saturated heterocycles. The Kier molecular flexibility index (Phi) is 20.1. The van der Waals surface area contributed by atoms with Crippen LogP contribution in [0.5, 0.6) is 23.0 Å². The number of hydrogen-bond acceptors (Lipinski definition) is 16. The fourth-order valence-electron chi connectivity index (χ4n) is 8.53. The molecule has 0 bridgehead atoms. The summed E-state index contributed by atoms with van der Waals surface area (Å²) in [6, 6.07) is 28.2. The van der Waals surface area contributed by atoms with Gasteiger partial charge in [0.05, 0.1) is 52.2 Å². The van der Waals surface area contributed by atoms with Crippen LogP contribution in [0.2, 0.25) is 61.4 Å². The summed E-state index contributed by atoms with van der Waals surface area (Å²) in [6.07, 6.45) is 0.934. The second kappa shape index (κ2) is 26.2. The first-order valence-electron chi connectivity index (χ1n) is 25.9. The highest BCUT2D eigenvalue weighted by Crippen LogP contribution is 2.41. The van der Waals surface area contributed by atoms with Crippen molar-refractivity contribution in [3.05, 3.63) is 131 Å². The van der Waals surface area contributed by atoms with E-state index < -0.39 is 59.9 Å². The summed E-state index contributed by atoms with van der Waals surface area (Å²) in [5, 5.41) is 49.5. The van der Waals surface area contributed by atoms with Gasteiger partial charge in [-0.05, 0) is 83.9 Å². The van der Waals surface area contributed by atoms with Gasteiger partial charge in [-0.2, -0.15) is 10.2 Å². The van der Waals surface area contributed by atoms with Crippen LogP contribution in [0.3, 0.4) is 0 Å². The monoisotopic (exact) mass is 1240 g/mol. The topological polar surface area (TPSA) is 249 Å². The van der Waals surface area contributed by atoms with Crippen molar-refractivity contribution in [3.8, 4) is 57.4 Å². The van der Waals surface area contributed by atoms with Crippen LogP contribution >= 0.6 is 23.2 Å². The number of aryl methyl sites for hydroxylation is 2. The quantitative estimate of drug-likeness (QED) is 0.0535. The largest absolute Gasteiger partial charge is 0.494 e. The number of methoxy groups -OCH3 is 4. The number of aliphatic hydroxyl groups is 2. The van der Waals surface area contributed by atoms with Gasteiger partial charge < -0.3 is 29.2 Å². The molecule has 0 aliphatic rings. The highest BCUT2D eigenvalue weighted by molar-refractivity contribution is 7.93. The van der Waals surface area contributed by atoms with Gasteiger partial charge in [-0.3, -0.25) is 18.5 Å². The van der Waals surface area contributed by atoms with Crippen molar-refractivity contribution in [1.82, 2.24) is 49.1 Å². The highest BCUT2D eigenvalue weighted by atomic mass is 35.5. The molecule has 0 radical (unpaired) electrons. The highest BCUT2D eigenvalue weighted by Gasteiger charge is 2.37. The maximum atomic E-state index is 14.1. The van der Waals surface area contributed by atoms with Crippen LogP contribution < -0.4 is 27.6 Å². The number of anilines is 2. The molecule has 4 aromatic heterocycles. The number of nitrogens with zero attached hydrogens (tertiary/aromatic N) is 12. The van der Waals surface area contributed by atoms with Crippen LogP contribution in [0.4, 0.5) is 11.9 Å². The predicted octanol–water partition coefficient (Wildman–Crippen LogP) is 9.09. The summed E-state index contributed by atoms with van der Waals surface area (Å²) in [5.74, 6) is 1.22. The zero-order valence-electron chi connectivity index (χ0n) is 47.9. The predicted molar refractivity (Wildman–Crippen MR) is 325 cm³/mol. The Hall–Kier alpha value is -6.79. The van der Waals surface area contributed by atoms with Crippen molar-refractivity contribution >= 4 is 71.3 Å². The first-order chi connectivity index (χ1) is 38.7. The van der Waals surface area contributed by atoms with E-state index in [9.17, 15) is 27.0 Å². The third kappa shape index (κ3) is 15.1. The molecule has 8 rings (SSSR count). The molecule has 4 heterocycles. The molecule has 2 atom stereocenters. The fraction of sp³-hybridized carbons (Fsp3) is 0.370. The van der Waals surface area contributed by atoms with Crippen molar-refractivity contribution < 1.29 is 46.0 Å². The number of hydrogen-bond donors (Lipinski definition) is 2. The molecule has 8 aromatic rings. The normalized spacial score (nSPS) is 12.8. The fourth-order valence-corrected chi connectivity index (χ4v) is 13.9. The zero-order valence-corrected chi connectivity index (χ0v) is 53.0. The third-order valence-corrected chi connectivity index (χ3v) is 20.4. The molecule has 0 fully saturated rings. The van der Waals surface area contributed by atoms with Crippen LogP contribution in [0.25, 0.3) is 34.4 Å². The van der Waals surface area contributed by atoms with Crippen molar-refractivity contribution in [2.45, 2.75) is 63.6 Å². The van der Waals surface area contributed by atoms with Gasteiger partial charge in [0.15, 0.2) is 11.6 Å². The minimum atomic E-state index is -4.15. The van der Waals surface area contributed by atoms with Crippen LogP contribution in [0.1, 0.15) is 23.3 Å². The Morgan fingerprint density at radius 2 is 0.829 bits per heavy atom. The first kappa shape index (κ1) is 62.8. The van der Waals surface area contributed by atoms with Crippen LogP contribution in [0.15, 0.2) is 109 Å². The molecule has 22 nitrogen and oxygen atoms in total. The number of aromatic nitrogens is 10. The van der Waals surface area contributed by atoms with E-state index in [2.05, 4.69) is 69.9 Å². The molecule has 28 heteroatoms. The summed E-state index contributed by atoms with van der Waals surface area (Å²) >= 11 is 12.0. The van der Waals surface area contributed by atoms with E-state index in [1.807, 2.05) is 0 Å². The summed E-state index contributed by atoms with van der Waals surface area (Å²) in [7, 11) is -2.13. The maximum Gasteiger partial charge on any atom is 0.246 e. The smallest absolute Gasteiger partial charge is 0.246 e. The molecule has 0 aliphatic heterocycles. The number of sulfonamides is 2. The lowest BCUT2D eigenvalue weighted by atomic mass is 10.1. The van der Waals surface area contributed by atoms with Gasteiger partial charge in [0.25, 0.3) is 0 Å². The van der Waals surface area contributed by atoms with E-state index in [4.69, 9.17) is 42.1 Å². The average molecular weight is 1240 g/mol. The summed E-state index contributed by atoms with van der Waals surface area (Å²) in [6.45, 7) is 13.2. The van der Waals surface area contributed by atoms with E-state index >= 15 is 0 Å². The molecule has 2 N–H and O–H groups in total. The molecule has 0 saturated carbocycles. The van der Waals surface area contributed by atoms with Gasteiger partial charge in [-0.1, -0.05) is 98.9 Å². The standard InChI is InChI=1S/2C27H35ClN6O5SSi/c2*1-32-15-14-21(31-32)26-29-30-27(34(26)25-23(38-2)8-7-9-24(25)39-3)33(16-17-41(4,5)6)40(36,37)18-22(35)19-10-12-20(28)13-11-19/h2*7-15,22,35H,16-18H2,1-6H3/t2*22-/m10/s1. The van der Waals surface area contributed by atoms with Gasteiger partial charge in [-0.25, -0.2) is 25.4 Å². The molecule has 0 unspecified atom stereocenters. The third-order valence-electron chi connectivity index (χ3n) is 12.9. The van der Waals surface area contributed by atoms with Gasteiger partial charge >= 0.3 is 0 Å². The Bertz CT molecular complexity index is 3400. The number of rotatable bonds is 24. The van der Waals surface area contributed by atoms with Crippen molar-refractivity contribution in [2.75, 3.05) is 61.6 Å².